The molecule has 2 aliphatic heterocycles. The molecule has 0 radical (unpaired) electrons. The molecule has 2 aromatic carbocycles. The smallest absolute Gasteiger partial charge is 0.309 e. The summed E-state index contributed by atoms with van der Waals surface area (Å²) in [6.45, 7) is 6.66. The summed E-state index contributed by atoms with van der Waals surface area (Å²) in [5.41, 5.74) is 3.17. The topological polar surface area (TPSA) is 83.1 Å². The standard InChI is InChI=1S/C24H30N4O4/c1-17-3-6-19(7-4-17)20(28-11-9-27(2)10-12-28)15-26-24(30)23(29)25-14-18-5-8-21-22(13-18)32-16-31-21/h3-8,13,20H,9-12,14-16H2,1-2H3,(H,25,29)(H,26,30). The molecule has 2 heterocycles. The number of hydrogen-bond acceptors (Lipinski definition) is 6. The van der Waals surface area contributed by atoms with Gasteiger partial charge in [0.2, 0.25) is 6.79 Å². The first kappa shape index (κ1) is 22.1. The number of rotatable bonds is 6. The molecule has 8 nitrogen and oxygen atoms in total. The molecule has 0 spiro atoms. The molecule has 170 valence electrons. The molecule has 4 rings (SSSR count). The Bertz CT molecular complexity index is 955. The van der Waals surface area contributed by atoms with E-state index in [4.69, 9.17) is 9.47 Å². The van der Waals surface area contributed by atoms with Crippen LogP contribution < -0.4 is 20.1 Å². The Morgan fingerprint density at radius 1 is 0.938 bits per heavy atom. The zero-order valence-corrected chi connectivity index (χ0v) is 18.6. The Balaban J connectivity index is 1.33. The molecular formula is C24H30N4O4. The van der Waals surface area contributed by atoms with Crippen molar-refractivity contribution in [3.05, 3.63) is 59.2 Å². The first-order chi connectivity index (χ1) is 15.5. The maximum absolute atomic E-state index is 12.5. The number of amides is 2. The van der Waals surface area contributed by atoms with Gasteiger partial charge in [-0.3, -0.25) is 14.5 Å². The van der Waals surface area contributed by atoms with Crippen molar-refractivity contribution in [3.63, 3.8) is 0 Å². The molecule has 2 N–H and O–H groups in total. The second-order valence-electron chi connectivity index (χ2n) is 8.35. The number of likely N-dealkylation sites (N-methyl/N-ethyl adjacent to an activating group) is 1. The van der Waals surface area contributed by atoms with Crippen molar-refractivity contribution < 1.29 is 19.1 Å². The van der Waals surface area contributed by atoms with Crippen LogP contribution in [0.4, 0.5) is 0 Å². The van der Waals surface area contributed by atoms with E-state index in [9.17, 15) is 9.59 Å². The Morgan fingerprint density at radius 3 is 2.38 bits per heavy atom. The SMILES string of the molecule is Cc1ccc(C(CNC(=O)C(=O)NCc2ccc3c(c2)OCO3)N2CCN(C)CC2)cc1. The van der Waals surface area contributed by atoms with Crippen LogP contribution in [0.3, 0.4) is 0 Å². The Morgan fingerprint density at radius 2 is 1.62 bits per heavy atom. The summed E-state index contributed by atoms with van der Waals surface area (Å²) in [6, 6.07) is 13.8. The highest BCUT2D eigenvalue weighted by atomic mass is 16.7. The van der Waals surface area contributed by atoms with Crippen LogP contribution in [0.2, 0.25) is 0 Å². The highest BCUT2D eigenvalue weighted by Gasteiger charge is 2.25. The van der Waals surface area contributed by atoms with Gasteiger partial charge in [0.25, 0.3) is 0 Å². The highest BCUT2D eigenvalue weighted by molar-refractivity contribution is 6.35. The summed E-state index contributed by atoms with van der Waals surface area (Å²) in [4.78, 5) is 29.5. The number of hydrogen-bond donors (Lipinski definition) is 2. The fourth-order valence-electron chi connectivity index (χ4n) is 3.96. The molecule has 0 aliphatic carbocycles. The maximum Gasteiger partial charge on any atom is 0.309 e. The summed E-state index contributed by atoms with van der Waals surface area (Å²) in [5.74, 6) is 0.0545. The quantitative estimate of drug-likeness (QED) is 0.665. The normalized spacial score (nSPS) is 17.1. The summed E-state index contributed by atoms with van der Waals surface area (Å²) in [7, 11) is 2.12. The van der Waals surface area contributed by atoms with E-state index in [-0.39, 0.29) is 19.4 Å². The largest absolute Gasteiger partial charge is 0.454 e. The third kappa shape index (κ3) is 5.38. The number of carbonyl (C=O) groups excluding carboxylic acids is 2. The minimum absolute atomic E-state index is 0.0231. The molecule has 2 aliphatic rings. The molecule has 2 aromatic rings. The van der Waals surface area contributed by atoms with Crippen LogP contribution in [-0.4, -0.2) is 68.2 Å². The number of fused-ring (bicyclic) bond motifs is 1. The first-order valence-electron chi connectivity index (χ1n) is 10.9. The van der Waals surface area contributed by atoms with Gasteiger partial charge in [0, 0.05) is 39.3 Å². The molecule has 8 heteroatoms. The van der Waals surface area contributed by atoms with Crippen LogP contribution in [0.15, 0.2) is 42.5 Å². The lowest BCUT2D eigenvalue weighted by atomic mass is 10.0. The molecular weight excluding hydrogens is 408 g/mol. The van der Waals surface area contributed by atoms with Gasteiger partial charge < -0.3 is 25.0 Å². The van der Waals surface area contributed by atoms with E-state index in [1.54, 1.807) is 12.1 Å². The number of carbonyl (C=O) groups is 2. The van der Waals surface area contributed by atoms with Gasteiger partial charge >= 0.3 is 11.8 Å². The van der Waals surface area contributed by atoms with Crippen LogP contribution in [-0.2, 0) is 16.1 Å². The summed E-state index contributed by atoms with van der Waals surface area (Å²) in [6.07, 6.45) is 0. The van der Waals surface area contributed by atoms with Crippen molar-refractivity contribution in [1.82, 2.24) is 20.4 Å². The molecule has 1 atom stereocenters. The van der Waals surface area contributed by atoms with Gasteiger partial charge in [-0.25, -0.2) is 0 Å². The van der Waals surface area contributed by atoms with Gasteiger partial charge in [-0.1, -0.05) is 35.9 Å². The lowest BCUT2D eigenvalue weighted by Crippen LogP contribution is -2.49. The van der Waals surface area contributed by atoms with E-state index in [0.29, 0.717) is 18.0 Å². The number of nitrogens with one attached hydrogen (secondary N) is 2. The van der Waals surface area contributed by atoms with Crippen LogP contribution in [0.1, 0.15) is 22.7 Å². The van der Waals surface area contributed by atoms with E-state index in [1.807, 2.05) is 6.07 Å². The molecule has 2 amide bonds. The Hall–Kier alpha value is -3.10. The molecule has 0 bridgehead atoms. The molecule has 32 heavy (non-hydrogen) atoms. The lowest BCUT2D eigenvalue weighted by molar-refractivity contribution is -0.139. The second-order valence-corrected chi connectivity index (χ2v) is 8.35. The van der Waals surface area contributed by atoms with Crippen LogP contribution in [0.25, 0.3) is 0 Å². The zero-order valence-electron chi connectivity index (χ0n) is 18.6. The number of benzene rings is 2. The maximum atomic E-state index is 12.5. The van der Waals surface area contributed by atoms with Crippen molar-refractivity contribution >= 4 is 11.8 Å². The number of nitrogens with zero attached hydrogens (tertiary/aromatic N) is 2. The van der Waals surface area contributed by atoms with Gasteiger partial charge in [-0.05, 0) is 37.2 Å². The third-order valence-corrected chi connectivity index (χ3v) is 5.99. The summed E-state index contributed by atoms with van der Waals surface area (Å²) >= 11 is 0. The van der Waals surface area contributed by atoms with Crippen LogP contribution in [0, 0.1) is 6.92 Å². The van der Waals surface area contributed by atoms with Crippen LogP contribution in [0.5, 0.6) is 11.5 Å². The number of ether oxygens (including phenoxy) is 2. The fourth-order valence-corrected chi connectivity index (χ4v) is 3.96. The average Bonchev–Trinajstić information content (AvgIpc) is 3.27. The zero-order chi connectivity index (χ0) is 22.5. The van der Waals surface area contributed by atoms with E-state index in [2.05, 4.69) is 58.7 Å². The molecule has 1 saturated heterocycles. The number of aryl methyl sites for hydroxylation is 1. The highest BCUT2D eigenvalue weighted by Crippen LogP contribution is 2.32. The van der Waals surface area contributed by atoms with Gasteiger partial charge in [0.05, 0.1) is 6.04 Å². The van der Waals surface area contributed by atoms with Gasteiger partial charge in [0.15, 0.2) is 11.5 Å². The van der Waals surface area contributed by atoms with Crippen molar-refractivity contribution in [3.8, 4) is 11.5 Å². The van der Waals surface area contributed by atoms with Gasteiger partial charge in [-0.15, -0.1) is 0 Å². The Labute approximate surface area is 188 Å². The van der Waals surface area contributed by atoms with Crippen molar-refractivity contribution in [2.45, 2.75) is 19.5 Å². The monoisotopic (exact) mass is 438 g/mol. The van der Waals surface area contributed by atoms with E-state index in [1.165, 1.54) is 5.56 Å². The Kier molecular flexibility index (Phi) is 6.92. The van der Waals surface area contributed by atoms with E-state index >= 15 is 0 Å². The fraction of sp³-hybridized carbons (Fsp3) is 0.417. The van der Waals surface area contributed by atoms with Gasteiger partial charge in [0.1, 0.15) is 0 Å². The van der Waals surface area contributed by atoms with E-state index < -0.39 is 11.8 Å². The average molecular weight is 439 g/mol. The first-order valence-corrected chi connectivity index (χ1v) is 10.9. The molecule has 0 aromatic heterocycles. The third-order valence-electron chi connectivity index (χ3n) is 5.99. The van der Waals surface area contributed by atoms with Crippen molar-refractivity contribution in [2.75, 3.05) is 46.6 Å². The predicted octanol–water partition coefficient (Wildman–Crippen LogP) is 1.44. The second kappa shape index (κ2) is 10.0. The lowest BCUT2D eigenvalue weighted by Gasteiger charge is -2.38. The van der Waals surface area contributed by atoms with Gasteiger partial charge in [-0.2, -0.15) is 0 Å². The molecule has 1 unspecified atom stereocenters. The van der Waals surface area contributed by atoms with Crippen molar-refractivity contribution in [2.24, 2.45) is 0 Å². The number of piperazine rings is 1. The predicted molar refractivity (Wildman–Crippen MR) is 120 cm³/mol. The minimum atomic E-state index is -0.649. The van der Waals surface area contributed by atoms with Crippen molar-refractivity contribution in [1.29, 1.82) is 0 Å². The summed E-state index contributed by atoms with van der Waals surface area (Å²) < 4.78 is 10.6. The minimum Gasteiger partial charge on any atom is -0.454 e. The van der Waals surface area contributed by atoms with E-state index in [0.717, 1.165) is 37.3 Å². The summed E-state index contributed by atoms with van der Waals surface area (Å²) in [5, 5.41) is 5.51. The molecule has 0 saturated carbocycles. The van der Waals surface area contributed by atoms with Crippen LogP contribution >= 0.6 is 0 Å². The molecule has 1 fully saturated rings.